The highest BCUT2D eigenvalue weighted by atomic mass is 16.5. The Balaban J connectivity index is 1.53. The van der Waals surface area contributed by atoms with E-state index in [1.807, 2.05) is 30.3 Å². The van der Waals surface area contributed by atoms with Crippen molar-refractivity contribution in [3.63, 3.8) is 0 Å². The zero-order valence-electron chi connectivity index (χ0n) is 18.1. The summed E-state index contributed by atoms with van der Waals surface area (Å²) in [6.07, 6.45) is 0.777. The maximum Gasteiger partial charge on any atom is 0.165 e. The number of methoxy groups -OCH3 is 1. The van der Waals surface area contributed by atoms with Crippen LogP contribution in [-0.2, 0) is 23.5 Å². The van der Waals surface area contributed by atoms with Gasteiger partial charge in [0.15, 0.2) is 11.5 Å². The van der Waals surface area contributed by atoms with Crippen LogP contribution in [0, 0.1) is 6.92 Å². The standard InChI is InChI=1S/C27H28NO3/c1-19-16-22-23(27(2)28(19)24(18-31-27)21-12-8-5-9-13-21)14-15-25(29-3)26(22)30-17-20-10-6-4-7-11-20/h4-15,19,24H,1,16-18H2,2-3H3/t19-,24-,27-/m1/s1. The molecule has 0 unspecified atom stereocenters. The summed E-state index contributed by atoms with van der Waals surface area (Å²) in [5.74, 6) is 1.54. The van der Waals surface area contributed by atoms with E-state index in [1.54, 1.807) is 7.11 Å². The van der Waals surface area contributed by atoms with Gasteiger partial charge in [0.1, 0.15) is 12.3 Å². The minimum absolute atomic E-state index is 0.0522. The Labute approximate surface area is 184 Å². The van der Waals surface area contributed by atoms with E-state index in [-0.39, 0.29) is 12.1 Å². The number of rotatable bonds is 5. The van der Waals surface area contributed by atoms with Crippen molar-refractivity contribution in [1.29, 1.82) is 0 Å². The van der Waals surface area contributed by atoms with Gasteiger partial charge in [0, 0.05) is 17.2 Å². The first-order valence-electron chi connectivity index (χ1n) is 10.8. The van der Waals surface area contributed by atoms with Gasteiger partial charge in [-0.25, -0.2) is 0 Å². The molecule has 0 aliphatic carbocycles. The summed E-state index contributed by atoms with van der Waals surface area (Å²) in [7, 11) is 1.69. The molecule has 0 bridgehead atoms. The largest absolute Gasteiger partial charge is 0.493 e. The number of nitrogens with zero attached hydrogens (tertiary/aromatic N) is 1. The molecule has 1 saturated heterocycles. The van der Waals surface area contributed by atoms with Crippen molar-refractivity contribution >= 4 is 0 Å². The summed E-state index contributed by atoms with van der Waals surface area (Å²) in [6, 6.07) is 25.1. The lowest BCUT2D eigenvalue weighted by atomic mass is 9.85. The van der Waals surface area contributed by atoms with E-state index in [0.29, 0.717) is 13.2 Å². The number of fused-ring (bicyclic) bond motifs is 3. The van der Waals surface area contributed by atoms with Gasteiger partial charge in [-0.05, 0) is 37.5 Å². The molecule has 0 aromatic heterocycles. The predicted octanol–water partition coefficient (Wildman–Crippen LogP) is 5.28. The minimum Gasteiger partial charge on any atom is -0.493 e. The van der Waals surface area contributed by atoms with Crippen molar-refractivity contribution in [2.75, 3.05) is 13.7 Å². The van der Waals surface area contributed by atoms with E-state index in [2.05, 4.69) is 61.2 Å². The van der Waals surface area contributed by atoms with Gasteiger partial charge < -0.3 is 14.2 Å². The molecule has 2 heterocycles. The van der Waals surface area contributed by atoms with E-state index >= 15 is 0 Å². The molecule has 1 fully saturated rings. The van der Waals surface area contributed by atoms with Crippen molar-refractivity contribution in [1.82, 2.24) is 4.90 Å². The molecule has 2 aliphatic rings. The molecule has 3 atom stereocenters. The van der Waals surface area contributed by atoms with Gasteiger partial charge >= 0.3 is 0 Å². The third kappa shape index (κ3) is 3.40. The molecule has 1 radical (unpaired) electrons. The molecule has 2 aliphatic heterocycles. The summed E-state index contributed by atoms with van der Waals surface area (Å²) in [5, 5.41) is 0. The smallest absolute Gasteiger partial charge is 0.165 e. The number of hydrogen-bond acceptors (Lipinski definition) is 4. The van der Waals surface area contributed by atoms with Crippen molar-refractivity contribution in [3.8, 4) is 11.5 Å². The van der Waals surface area contributed by atoms with Crippen LogP contribution in [0.1, 0.15) is 35.2 Å². The molecule has 4 heteroatoms. The summed E-state index contributed by atoms with van der Waals surface area (Å²) in [6.45, 7) is 7.80. The fourth-order valence-corrected chi connectivity index (χ4v) is 5.07. The Morgan fingerprint density at radius 2 is 1.74 bits per heavy atom. The van der Waals surface area contributed by atoms with Gasteiger partial charge in [-0.1, -0.05) is 66.7 Å². The first-order valence-corrected chi connectivity index (χ1v) is 10.8. The van der Waals surface area contributed by atoms with Crippen LogP contribution in [0.4, 0.5) is 0 Å². The molecular formula is C27H28NO3. The Kier molecular flexibility index (Phi) is 5.20. The lowest BCUT2D eigenvalue weighted by molar-refractivity contribution is -0.0967. The Hall–Kier alpha value is -2.82. The molecule has 3 aromatic carbocycles. The van der Waals surface area contributed by atoms with Gasteiger partial charge in [-0.2, -0.15) is 0 Å². The fourth-order valence-electron chi connectivity index (χ4n) is 5.07. The average Bonchev–Trinajstić information content (AvgIpc) is 3.18. The molecule has 31 heavy (non-hydrogen) atoms. The van der Waals surface area contributed by atoms with Crippen molar-refractivity contribution in [2.24, 2.45) is 0 Å². The summed E-state index contributed by atoms with van der Waals surface area (Å²) in [4.78, 5) is 2.41. The second kappa shape index (κ2) is 8.03. The second-order valence-corrected chi connectivity index (χ2v) is 8.38. The molecule has 0 amide bonds. The van der Waals surface area contributed by atoms with E-state index in [4.69, 9.17) is 14.2 Å². The van der Waals surface area contributed by atoms with Crippen LogP contribution < -0.4 is 9.47 Å². The van der Waals surface area contributed by atoms with Crippen LogP contribution in [0.5, 0.6) is 11.5 Å². The monoisotopic (exact) mass is 414 g/mol. The van der Waals surface area contributed by atoms with Crippen LogP contribution in [0.2, 0.25) is 0 Å². The molecule has 0 N–H and O–H groups in total. The zero-order valence-corrected chi connectivity index (χ0v) is 18.1. The first kappa shape index (κ1) is 20.1. The zero-order chi connectivity index (χ0) is 21.4. The first-order chi connectivity index (χ1) is 15.1. The van der Waals surface area contributed by atoms with Gasteiger partial charge in [0.2, 0.25) is 0 Å². The van der Waals surface area contributed by atoms with Crippen molar-refractivity contribution in [3.05, 3.63) is 102 Å². The summed E-state index contributed by atoms with van der Waals surface area (Å²) in [5.41, 5.74) is 4.09. The van der Waals surface area contributed by atoms with Gasteiger partial charge in [-0.3, -0.25) is 4.90 Å². The predicted molar refractivity (Wildman–Crippen MR) is 121 cm³/mol. The van der Waals surface area contributed by atoms with Crippen LogP contribution in [-0.4, -0.2) is 24.7 Å². The molecule has 0 saturated carbocycles. The van der Waals surface area contributed by atoms with E-state index in [9.17, 15) is 0 Å². The van der Waals surface area contributed by atoms with E-state index < -0.39 is 5.72 Å². The second-order valence-electron chi connectivity index (χ2n) is 8.38. The Bertz CT molecular complexity index is 1050. The van der Waals surface area contributed by atoms with Crippen molar-refractivity contribution < 1.29 is 14.2 Å². The van der Waals surface area contributed by atoms with E-state index in [0.717, 1.165) is 34.6 Å². The van der Waals surface area contributed by atoms with Crippen LogP contribution >= 0.6 is 0 Å². The van der Waals surface area contributed by atoms with Crippen LogP contribution in [0.3, 0.4) is 0 Å². The lowest BCUT2D eigenvalue weighted by Gasteiger charge is -2.46. The third-order valence-corrected chi connectivity index (χ3v) is 6.54. The number of benzene rings is 3. The fraction of sp³-hybridized carbons (Fsp3) is 0.296. The SMILES string of the molecule is [CH2][C@@H]1Cc2c(ccc(OC)c2OCc2ccccc2)[C@@]2(C)OC[C@H](c3ccccc3)N12. The molecule has 5 rings (SSSR count). The highest BCUT2D eigenvalue weighted by Gasteiger charge is 2.52. The van der Waals surface area contributed by atoms with E-state index in [1.165, 1.54) is 5.56 Å². The molecule has 159 valence electrons. The summed E-state index contributed by atoms with van der Waals surface area (Å²) < 4.78 is 18.5. The topological polar surface area (TPSA) is 30.9 Å². The molecule has 3 aromatic rings. The van der Waals surface area contributed by atoms with Gasteiger partial charge in [0.05, 0.1) is 19.8 Å². The quantitative estimate of drug-likeness (QED) is 0.568. The number of hydrogen-bond donors (Lipinski definition) is 0. The Morgan fingerprint density at radius 3 is 2.45 bits per heavy atom. The number of ether oxygens (including phenoxy) is 3. The Morgan fingerprint density at radius 1 is 1.03 bits per heavy atom. The highest BCUT2D eigenvalue weighted by molar-refractivity contribution is 5.54. The van der Waals surface area contributed by atoms with Crippen LogP contribution in [0.25, 0.3) is 0 Å². The maximum absolute atomic E-state index is 6.49. The molecular weight excluding hydrogens is 386 g/mol. The van der Waals surface area contributed by atoms with Gasteiger partial charge in [-0.15, -0.1) is 0 Å². The summed E-state index contributed by atoms with van der Waals surface area (Å²) >= 11 is 0. The maximum atomic E-state index is 6.49. The average molecular weight is 415 g/mol. The normalized spacial score (nSPS) is 25.0. The van der Waals surface area contributed by atoms with Crippen molar-refractivity contribution in [2.45, 2.75) is 37.8 Å². The molecule has 0 spiro atoms. The third-order valence-electron chi connectivity index (χ3n) is 6.54. The van der Waals surface area contributed by atoms with Gasteiger partial charge in [0.25, 0.3) is 0 Å². The highest BCUT2D eigenvalue weighted by Crippen LogP contribution is 2.52. The lowest BCUT2D eigenvalue weighted by Crippen LogP contribution is -2.51. The van der Waals surface area contributed by atoms with Crippen LogP contribution in [0.15, 0.2) is 72.8 Å². The minimum atomic E-state index is -0.558. The molecule has 4 nitrogen and oxygen atoms in total.